The van der Waals surface area contributed by atoms with Crippen molar-refractivity contribution < 1.29 is 22.0 Å². The molecule has 2 heterocycles. The maximum absolute atomic E-state index is 13.6. The zero-order chi connectivity index (χ0) is 32.0. The van der Waals surface area contributed by atoms with E-state index in [1.54, 1.807) is 12.4 Å². The van der Waals surface area contributed by atoms with Gasteiger partial charge in [-0.05, 0) is 90.6 Å². The Morgan fingerprint density at radius 1 is 1.09 bits per heavy atom. The van der Waals surface area contributed by atoms with Crippen LogP contribution in [-0.4, -0.2) is 36.9 Å². The molecule has 2 N–H and O–H groups in total. The van der Waals surface area contributed by atoms with Gasteiger partial charge < -0.3 is 19.8 Å². The fourth-order valence-corrected chi connectivity index (χ4v) is 5.62. The number of halogens is 1. The molecule has 0 aliphatic heterocycles. The van der Waals surface area contributed by atoms with Crippen molar-refractivity contribution in [1.29, 1.82) is 0 Å². The number of allylic oxidation sites excluding steroid dienone is 1. The number of rotatable bonds is 14. The van der Waals surface area contributed by atoms with Gasteiger partial charge in [0.2, 0.25) is 0 Å². The van der Waals surface area contributed by atoms with E-state index in [0.717, 1.165) is 45.3 Å². The second-order valence-corrected chi connectivity index (χ2v) is 13.5. The number of benzene rings is 3. The number of sulfone groups is 1. The molecule has 10 heteroatoms. The average molecular weight is 629 g/mol. The fraction of sp³-hybridized carbons (Fsp3) is 0.257. The predicted octanol–water partition coefficient (Wildman–Crippen LogP) is 7.47. The van der Waals surface area contributed by atoms with Crippen LogP contribution >= 0.6 is 0 Å². The lowest BCUT2D eigenvalue weighted by molar-refractivity contribution is 0.303. The van der Waals surface area contributed by atoms with Gasteiger partial charge in [0.05, 0.1) is 17.8 Å². The largest absolute Gasteiger partial charge is 0.489 e. The zero-order valence-electron chi connectivity index (χ0n) is 25.6. The number of hydrogen-bond donors (Lipinski definition) is 2. The lowest BCUT2D eigenvalue weighted by Gasteiger charge is -2.17. The SMILES string of the molecule is C=CCC(C)c1cc(-c2ccc(CNCCS(C)(=O)=O)o2)cc2c(Nc3ccc(OCc4cccc(F)c4)c(C)c3)ncnc12. The van der Waals surface area contributed by atoms with Crippen LogP contribution in [0.1, 0.15) is 41.7 Å². The number of ether oxygens (including phenoxy) is 1. The van der Waals surface area contributed by atoms with Crippen molar-refractivity contribution in [3.05, 3.63) is 114 Å². The number of hydrogen-bond acceptors (Lipinski definition) is 8. The normalized spacial score (nSPS) is 12.3. The highest BCUT2D eigenvalue weighted by Crippen LogP contribution is 2.36. The first kappa shape index (κ1) is 31.9. The summed E-state index contributed by atoms with van der Waals surface area (Å²) in [7, 11) is -3.04. The highest BCUT2D eigenvalue weighted by atomic mass is 32.2. The fourth-order valence-electron chi connectivity index (χ4n) is 5.10. The van der Waals surface area contributed by atoms with E-state index < -0.39 is 9.84 Å². The monoisotopic (exact) mass is 628 g/mol. The number of furan rings is 1. The van der Waals surface area contributed by atoms with Gasteiger partial charge in [-0.15, -0.1) is 6.58 Å². The first-order valence-corrected chi connectivity index (χ1v) is 16.8. The third kappa shape index (κ3) is 8.34. The van der Waals surface area contributed by atoms with Crippen LogP contribution in [0.5, 0.6) is 5.75 Å². The molecule has 1 unspecified atom stereocenters. The molecule has 0 radical (unpaired) electrons. The van der Waals surface area contributed by atoms with E-state index in [-0.39, 0.29) is 24.1 Å². The summed E-state index contributed by atoms with van der Waals surface area (Å²) in [5, 5.41) is 7.42. The maximum Gasteiger partial charge on any atom is 0.148 e. The van der Waals surface area contributed by atoms with Crippen LogP contribution in [-0.2, 0) is 23.0 Å². The number of fused-ring (bicyclic) bond motifs is 1. The van der Waals surface area contributed by atoms with Gasteiger partial charge in [0, 0.05) is 29.4 Å². The highest BCUT2D eigenvalue weighted by Gasteiger charge is 2.17. The first-order valence-electron chi connectivity index (χ1n) is 14.7. The summed E-state index contributed by atoms with van der Waals surface area (Å²) in [6.07, 6.45) is 5.46. The summed E-state index contributed by atoms with van der Waals surface area (Å²) in [5.41, 5.74) is 5.28. The Balaban J connectivity index is 1.41. The van der Waals surface area contributed by atoms with E-state index in [2.05, 4.69) is 40.2 Å². The van der Waals surface area contributed by atoms with Gasteiger partial charge in [0.1, 0.15) is 51.7 Å². The lowest BCUT2D eigenvalue weighted by Crippen LogP contribution is -2.21. The molecule has 0 bridgehead atoms. The first-order chi connectivity index (χ1) is 21.6. The summed E-state index contributed by atoms with van der Waals surface area (Å²) in [4.78, 5) is 9.26. The standard InChI is InChI=1S/C35H37FN4O4S/c1-5-7-23(2)30-18-26(33-13-11-29(44-33)20-37-14-15-45(4,41)42)19-31-34(30)38-22-39-35(31)40-28-10-12-32(24(3)16-28)43-21-25-8-6-9-27(36)17-25/h5-6,8-13,16-19,22-23,37H,1,7,14-15,20-21H2,2-4H3,(H,38,39,40). The van der Waals surface area contributed by atoms with Crippen LogP contribution in [0.2, 0.25) is 0 Å². The smallest absolute Gasteiger partial charge is 0.148 e. The second kappa shape index (κ2) is 14.0. The van der Waals surface area contributed by atoms with Crippen LogP contribution in [0.25, 0.3) is 22.2 Å². The molecule has 0 fully saturated rings. The highest BCUT2D eigenvalue weighted by molar-refractivity contribution is 7.90. The Hall–Kier alpha value is -4.54. The van der Waals surface area contributed by atoms with Crippen LogP contribution in [0.4, 0.5) is 15.9 Å². The van der Waals surface area contributed by atoms with Crippen molar-refractivity contribution in [2.75, 3.05) is 23.9 Å². The molecule has 45 heavy (non-hydrogen) atoms. The number of aryl methyl sites for hydroxylation is 1. The van der Waals surface area contributed by atoms with E-state index in [1.807, 2.05) is 55.5 Å². The van der Waals surface area contributed by atoms with Crippen LogP contribution in [0, 0.1) is 12.7 Å². The quantitative estimate of drug-likeness (QED) is 0.0964. The molecular weight excluding hydrogens is 591 g/mol. The summed E-state index contributed by atoms with van der Waals surface area (Å²) in [6.45, 7) is 9.06. The maximum atomic E-state index is 13.6. The Labute approximate surface area is 263 Å². The number of nitrogens with one attached hydrogen (secondary N) is 2. The van der Waals surface area contributed by atoms with Gasteiger partial charge in [0.15, 0.2) is 0 Å². The molecule has 234 valence electrons. The van der Waals surface area contributed by atoms with Crippen LogP contribution in [0.15, 0.2) is 90.1 Å². The second-order valence-electron chi connectivity index (χ2n) is 11.2. The topological polar surface area (TPSA) is 106 Å². The Morgan fingerprint density at radius 2 is 1.93 bits per heavy atom. The van der Waals surface area contributed by atoms with Crippen LogP contribution < -0.4 is 15.4 Å². The van der Waals surface area contributed by atoms with Gasteiger partial charge in [0.25, 0.3) is 0 Å². The summed E-state index contributed by atoms with van der Waals surface area (Å²) < 4.78 is 48.5. The summed E-state index contributed by atoms with van der Waals surface area (Å²) >= 11 is 0. The molecule has 8 nitrogen and oxygen atoms in total. The van der Waals surface area contributed by atoms with Crippen molar-refractivity contribution in [3.8, 4) is 17.1 Å². The van der Waals surface area contributed by atoms with Gasteiger partial charge in [-0.2, -0.15) is 0 Å². The van der Waals surface area contributed by atoms with Crippen molar-refractivity contribution in [2.24, 2.45) is 0 Å². The molecule has 5 aromatic rings. The molecule has 1 atom stereocenters. The average Bonchev–Trinajstić information content (AvgIpc) is 3.47. The minimum Gasteiger partial charge on any atom is -0.489 e. The van der Waals surface area contributed by atoms with Gasteiger partial charge in [-0.3, -0.25) is 0 Å². The lowest BCUT2D eigenvalue weighted by atomic mass is 9.92. The molecule has 0 spiro atoms. The number of nitrogens with zero attached hydrogens (tertiary/aromatic N) is 2. The van der Waals surface area contributed by atoms with Crippen molar-refractivity contribution in [1.82, 2.24) is 15.3 Å². The van der Waals surface area contributed by atoms with Crippen LogP contribution in [0.3, 0.4) is 0 Å². The molecule has 0 aliphatic carbocycles. The van der Waals surface area contributed by atoms with Gasteiger partial charge >= 0.3 is 0 Å². The Kier molecular flexibility index (Phi) is 9.95. The summed E-state index contributed by atoms with van der Waals surface area (Å²) in [6, 6.07) is 20.1. The van der Waals surface area contributed by atoms with Gasteiger partial charge in [-0.1, -0.05) is 25.1 Å². The van der Waals surface area contributed by atoms with Gasteiger partial charge in [-0.25, -0.2) is 22.8 Å². The number of anilines is 2. The predicted molar refractivity (Wildman–Crippen MR) is 177 cm³/mol. The van der Waals surface area contributed by atoms with E-state index in [4.69, 9.17) is 9.15 Å². The number of aromatic nitrogens is 2. The molecule has 0 saturated heterocycles. The molecule has 3 aromatic carbocycles. The van der Waals surface area contributed by atoms with Crippen molar-refractivity contribution in [3.63, 3.8) is 0 Å². The Morgan fingerprint density at radius 3 is 2.69 bits per heavy atom. The van der Waals surface area contributed by atoms with E-state index >= 15 is 0 Å². The molecule has 2 aromatic heterocycles. The van der Waals surface area contributed by atoms with Crippen molar-refractivity contribution in [2.45, 2.75) is 39.3 Å². The van der Waals surface area contributed by atoms with E-state index in [9.17, 15) is 12.8 Å². The molecular formula is C35H37FN4O4S. The minimum absolute atomic E-state index is 0.0652. The van der Waals surface area contributed by atoms with Crippen molar-refractivity contribution >= 4 is 32.2 Å². The van der Waals surface area contributed by atoms with E-state index in [0.29, 0.717) is 36.2 Å². The molecule has 5 rings (SSSR count). The Bertz CT molecular complexity index is 1920. The minimum atomic E-state index is -3.04. The van der Waals surface area contributed by atoms with E-state index in [1.165, 1.54) is 18.4 Å². The molecule has 0 saturated carbocycles. The zero-order valence-corrected chi connectivity index (χ0v) is 26.5. The third-order valence-electron chi connectivity index (χ3n) is 7.44. The summed E-state index contributed by atoms with van der Waals surface area (Å²) in [5.74, 6) is 2.68. The molecule has 0 amide bonds. The third-order valence-corrected chi connectivity index (χ3v) is 8.38. The molecule has 0 aliphatic rings.